The fourth-order valence-electron chi connectivity index (χ4n) is 2.26. The van der Waals surface area contributed by atoms with Gasteiger partial charge in [0.2, 0.25) is 5.95 Å². The Labute approximate surface area is 112 Å². The van der Waals surface area contributed by atoms with Crippen molar-refractivity contribution < 1.29 is 0 Å². The second-order valence-electron chi connectivity index (χ2n) is 4.76. The standard InChI is InChI=1S/C13H18N6/c1-10-9-11(3-5-15-10)12-16-13(18-17-12)19-7-2-4-14-6-8-19/h3,5,9,14H,2,4,6-8H2,1H3,(H,16,17,18). The van der Waals surface area contributed by atoms with E-state index in [9.17, 15) is 0 Å². The minimum Gasteiger partial charge on any atom is -0.338 e. The molecule has 6 nitrogen and oxygen atoms in total. The van der Waals surface area contributed by atoms with Crippen LogP contribution in [0.4, 0.5) is 5.95 Å². The molecule has 19 heavy (non-hydrogen) atoms. The first-order valence-electron chi connectivity index (χ1n) is 6.64. The zero-order valence-corrected chi connectivity index (χ0v) is 11.1. The molecule has 3 heterocycles. The van der Waals surface area contributed by atoms with Gasteiger partial charge in [0.15, 0.2) is 5.82 Å². The molecular weight excluding hydrogens is 240 g/mol. The molecule has 2 aromatic rings. The third kappa shape index (κ3) is 2.73. The molecule has 0 aliphatic carbocycles. The van der Waals surface area contributed by atoms with Gasteiger partial charge >= 0.3 is 0 Å². The van der Waals surface area contributed by atoms with Gasteiger partial charge in [-0.25, -0.2) is 0 Å². The van der Waals surface area contributed by atoms with E-state index >= 15 is 0 Å². The zero-order valence-electron chi connectivity index (χ0n) is 11.1. The van der Waals surface area contributed by atoms with Crippen molar-refractivity contribution in [2.45, 2.75) is 13.3 Å². The molecule has 0 bridgehead atoms. The van der Waals surface area contributed by atoms with Gasteiger partial charge in [-0.1, -0.05) is 0 Å². The number of hydrogen-bond acceptors (Lipinski definition) is 5. The maximum Gasteiger partial charge on any atom is 0.245 e. The molecule has 0 unspecified atom stereocenters. The van der Waals surface area contributed by atoms with Crippen LogP contribution in [0, 0.1) is 6.92 Å². The van der Waals surface area contributed by atoms with Crippen molar-refractivity contribution in [1.29, 1.82) is 0 Å². The molecule has 0 saturated carbocycles. The molecule has 6 heteroatoms. The van der Waals surface area contributed by atoms with Crippen LogP contribution in [0.15, 0.2) is 18.3 Å². The number of hydrogen-bond donors (Lipinski definition) is 2. The van der Waals surface area contributed by atoms with Crippen molar-refractivity contribution >= 4 is 5.95 Å². The van der Waals surface area contributed by atoms with Gasteiger partial charge in [-0.3, -0.25) is 10.1 Å². The highest BCUT2D eigenvalue weighted by Crippen LogP contribution is 2.18. The van der Waals surface area contributed by atoms with Gasteiger partial charge in [0.1, 0.15) is 0 Å². The molecule has 3 rings (SSSR count). The van der Waals surface area contributed by atoms with Crippen LogP contribution in [0.1, 0.15) is 12.1 Å². The average Bonchev–Trinajstić information content (AvgIpc) is 2.75. The third-order valence-electron chi connectivity index (χ3n) is 3.27. The SMILES string of the molecule is Cc1cc(-c2nc(N3CCCNCC3)n[nH]2)ccn1. The van der Waals surface area contributed by atoms with Crippen LogP contribution in [0.5, 0.6) is 0 Å². The molecule has 0 radical (unpaired) electrons. The van der Waals surface area contributed by atoms with Crippen molar-refractivity contribution in [2.24, 2.45) is 0 Å². The van der Waals surface area contributed by atoms with E-state index in [4.69, 9.17) is 0 Å². The lowest BCUT2D eigenvalue weighted by Gasteiger charge is -2.16. The first kappa shape index (κ1) is 12.1. The molecule has 0 aromatic carbocycles. The molecule has 1 fully saturated rings. The number of H-pyrrole nitrogens is 1. The van der Waals surface area contributed by atoms with Crippen LogP contribution in [-0.4, -0.2) is 46.3 Å². The summed E-state index contributed by atoms with van der Waals surface area (Å²) in [6, 6.07) is 3.95. The molecule has 0 amide bonds. The first-order valence-corrected chi connectivity index (χ1v) is 6.64. The first-order chi connectivity index (χ1) is 9.33. The largest absolute Gasteiger partial charge is 0.338 e. The number of rotatable bonds is 2. The second-order valence-corrected chi connectivity index (χ2v) is 4.76. The Balaban J connectivity index is 1.82. The van der Waals surface area contributed by atoms with E-state index in [0.29, 0.717) is 0 Å². The van der Waals surface area contributed by atoms with Crippen LogP contribution in [0.25, 0.3) is 11.4 Å². The van der Waals surface area contributed by atoms with Gasteiger partial charge in [-0.2, -0.15) is 4.98 Å². The Kier molecular flexibility index (Phi) is 3.41. The number of nitrogens with one attached hydrogen (secondary N) is 2. The number of aryl methyl sites for hydroxylation is 1. The highest BCUT2D eigenvalue weighted by atomic mass is 15.4. The second kappa shape index (κ2) is 5.36. The lowest BCUT2D eigenvalue weighted by Crippen LogP contribution is -2.28. The predicted octanol–water partition coefficient (Wildman–Crippen LogP) is 0.975. The Hall–Kier alpha value is -1.95. The number of pyridine rings is 1. The Morgan fingerprint density at radius 2 is 2.21 bits per heavy atom. The van der Waals surface area contributed by atoms with E-state index in [1.165, 1.54) is 0 Å². The van der Waals surface area contributed by atoms with E-state index in [1.807, 2.05) is 19.1 Å². The fraction of sp³-hybridized carbons (Fsp3) is 0.462. The molecule has 2 N–H and O–H groups in total. The normalized spacial score (nSPS) is 16.4. The molecule has 1 saturated heterocycles. The van der Waals surface area contributed by atoms with Crippen LogP contribution in [0.3, 0.4) is 0 Å². The highest BCUT2D eigenvalue weighted by molar-refractivity contribution is 5.56. The van der Waals surface area contributed by atoms with Gasteiger partial charge in [0.25, 0.3) is 0 Å². The van der Waals surface area contributed by atoms with Crippen molar-refractivity contribution in [3.05, 3.63) is 24.0 Å². The maximum absolute atomic E-state index is 4.59. The number of anilines is 1. The van der Waals surface area contributed by atoms with Crippen LogP contribution in [0.2, 0.25) is 0 Å². The summed E-state index contributed by atoms with van der Waals surface area (Å²) in [5.41, 5.74) is 2.01. The summed E-state index contributed by atoms with van der Waals surface area (Å²) in [6.07, 6.45) is 2.92. The van der Waals surface area contributed by atoms with Gasteiger partial charge in [0, 0.05) is 37.1 Å². The van der Waals surface area contributed by atoms with E-state index in [0.717, 1.165) is 55.6 Å². The van der Waals surface area contributed by atoms with Crippen molar-refractivity contribution in [1.82, 2.24) is 25.5 Å². The summed E-state index contributed by atoms with van der Waals surface area (Å²) < 4.78 is 0. The Bertz CT molecular complexity index is 542. The molecule has 100 valence electrons. The molecule has 2 aromatic heterocycles. The summed E-state index contributed by atoms with van der Waals surface area (Å²) in [4.78, 5) is 11.0. The smallest absolute Gasteiger partial charge is 0.245 e. The van der Waals surface area contributed by atoms with Crippen LogP contribution < -0.4 is 10.2 Å². The van der Waals surface area contributed by atoms with Gasteiger partial charge < -0.3 is 10.2 Å². The molecule has 0 spiro atoms. The predicted molar refractivity (Wildman–Crippen MR) is 74.1 cm³/mol. The van der Waals surface area contributed by atoms with Crippen molar-refractivity contribution in [3.63, 3.8) is 0 Å². The minimum absolute atomic E-state index is 0.785. The van der Waals surface area contributed by atoms with Gasteiger partial charge in [-0.15, -0.1) is 5.10 Å². The molecule has 1 aliphatic rings. The summed E-state index contributed by atoms with van der Waals surface area (Å²) in [7, 11) is 0. The summed E-state index contributed by atoms with van der Waals surface area (Å²) in [5, 5.41) is 10.7. The van der Waals surface area contributed by atoms with Crippen LogP contribution >= 0.6 is 0 Å². The maximum atomic E-state index is 4.59. The number of aromatic amines is 1. The summed E-state index contributed by atoms with van der Waals surface area (Å²) in [6.45, 7) is 5.98. The minimum atomic E-state index is 0.785. The average molecular weight is 258 g/mol. The van der Waals surface area contributed by atoms with E-state index in [1.54, 1.807) is 6.20 Å². The Morgan fingerprint density at radius 3 is 3.11 bits per heavy atom. The molecule has 0 atom stereocenters. The van der Waals surface area contributed by atoms with Crippen LogP contribution in [-0.2, 0) is 0 Å². The topological polar surface area (TPSA) is 69.7 Å². The van der Waals surface area contributed by atoms with Crippen molar-refractivity contribution in [2.75, 3.05) is 31.1 Å². The van der Waals surface area contributed by atoms with E-state index in [-0.39, 0.29) is 0 Å². The highest BCUT2D eigenvalue weighted by Gasteiger charge is 2.14. The molecule has 1 aliphatic heterocycles. The van der Waals surface area contributed by atoms with Gasteiger partial charge in [-0.05, 0) is 32.0 Å². The van der Waals surface area contributed by atoms with Crippen molar-refractivity contribution in [3.8, 4) is 11.4 Å². The Morgan fingerprint density at radius 1 is 1.26 bits per heavy atom. The summed E-state index contributed by atoms with van der Waals surface area (Å²) >= 11 is 0. The number of aromatic nitrogens is 4. The number of nitrogens with zero attached hydrogens (tertiary/aromatic N) is 4. The lowest BCUT2D eigenvalue weighted by molar-refractivity contribution is 0.724. The zero-order chi connectivity index (χ0) is 13.1. The quantitative estimate of drug-likeness (QED) is 0.840. The lowest BCUT2D eigenvalue weighted by atomic mass is 10.2. The third-order valence-corrected chi connectivity index (χ3v) is 3.27. The van der Waals surface area contributed by atoms with E-state index in [2.05, 4.69) is 30.4 Å². The monoisotopic (exact) mass is 258 g/mol. The fourth-order valence-corrected chi connectivity index (χ4v) is 2.26. The van der Waals surface area contributed by atoms with E-state index < -0.39 is 0 Å². The molecular formula is C13H18N6. The van der Waals surface area contributed by atoms with Gasteiger partial charge in [0.05, 0.1) is 0 Å². The summed E-state index contributed by atoms with van der Waals surface area (Å²) in [5.74, 6) is 1.59.